The molecule has 24 heavy (non-hydrogen) atoms. The molecule has 0 bridgehead atoms. The van der Waals surface area contributed by atoms with Gasteiger partial charge in [-0.2, -0.15) is 0 Å². The molecule has 0 saturated heterocycles. The van der Waals surface area contributed by atoms with Crippen LogP contribution in [0.2, 0.25) is 0 Å². The Labute approximate surface area is 141 Å². The van der Waals surface area contributed by atoms with E-state index in [-0.39, 0.29) is 6.04 Å². The number of aromatic nitrogens is 2. The average molecular weight is 313 g/mol. The molecule has 1 aromatic heterocycles. The van der Waals surface area contributed by atoms with Crippen molar-refractivity contribution < 1.29 is 0 Å². The van der Waals surface area contributed by atoms with Gasteiger partial charge in [0.2, 0.25) is 0 Å². The Kier molecular flexibility index (Phi) is 3.85. The molecule has 0 fully saturated rings. The molecule has 3 heteroatoms. The average Bonchev–Trinajstić information content (AvgIpc) is 3.01. The van der Waals surface area contributed by atoms with Gasteiger partial charge in [0.05, 0.1) is 17.1 Å². The summed E-state index contributed by atoms with van der Waals surface area (Å²) in [6.07, 6.45) is 0. The molecular weight excluding hydrogens is 294 g/mol. The summed E-state index contributed by atoms with van der Waals surface area (Å²) in [7, 11) is 0. The number of hydrogen-bond donors (Lipinski definition) is 1. The molecule has 3 aromatic carbocycles. The Morgan fingerprint density at radius 1 is 0.792 bits per heavy atom. The van der Waals surface area contributed by atoms with Crippen molar-refractivity contribution in [3.8, 4) is 0 Å². The van der Waals surface area contributed by atoms with Crippen LogP contribution in [0.4, 0.5) is 0 Å². The van der Waals surface area contributed by atoms with E-state index < -0.39 is 0 Å². The summed E-state index contributed by atoms with van der Waals surface area (Å²) in [6.45, 7) is 0.761. The lowest BCUT2D eigenvalue weighted by Gasteiger charge is -2.15. The first-order valence-corrected chi connectivity index (χ1v) is 8.12. The van der Waals surface area contributed by atoms with E-state index in [9.17, 15) is 0 Å². The monoisotopic (exact) mass is 313 g/mol. The standard InChI is InChI=1S/C21H19N3/c22-20(17-11-5-2-6-12-17)21-23-18-13-7-8-14-19(18)24(21)15-16-9-3-1-4-10-16/h1-14,20H,15,22H2. The first-order chi connectivity index (χ1) is 11.8. The first-order valence-electron chi connectivity index (χ1n) is 8.12. The van der Waals surface area contributed by atoms with Crippen LogP contribution in [0.5, 0.6) is 0 Å². The fraction of sp³-hybridized carbons (Fsp3) is 0.0952. The molecule has 0 saturated carbocycles. The quantitative estimate of drug-likeness (QED) is 0.615. The highest BCUT2D eigenvalue weighted by Crippen LogP contribution is 2.25. The van der Waals surface area contributed by atoms with Crippen molar-refractivity contribution >= 4 is 11.0 Å². The minimum Gasteiger partial charge on any atom is -0.322 e. The number of rotatable bonds is 4. The van der Waals surface area contributed by atoms with Crippen molar-refractivity contribution in [2.75, 3.05) is 0 Å². The zero-order chi connectivity index (χ0) is 16.4. The van der Waals surface area contributed by atoms with Crippen LogP contribution in [-0.4, -0.2) is 9.55 Å². The molecule has 4 rings (SSSR count). The molecule has 0 amide bonds. The Balaban J connectivity index is 1.84. The van der Waals surface area contributed by atoms with Gasteiger partial charge in [-0.15, -0.1) is 0 Å². The summed E-state index contributed by atoms with van der Waals surface area (Å²) in [4.78, 5) is 4.82. The molecule has 0 aliphatic rings. The number of nitrogens with two attached hydrogens (primary N) is 1. The van der Waals surface area contributed by atoms with Gasteiger partial charge in [0.15, 0.2) is 0 Å². The zero-order valence-corrected chi connectivity index (χ0v) is 13.3. The SMILES string of the molecule is NC(c1ccccc1)c1nc2ccccc2n1Cc1ccccc1. The molecule has 4 aromatic rings. The zero-order valence-electron chi connectivity index (χ0n) is 13.3. The van der Waals surface area contributed by atoms with Crippen molar-refractivity contribution in [3.63, 3.8) is 0 Å². The molecule has 0 radical (unpaired) electrons. The van der Waals surface area contributed by atoms with Gasteiger partial charge in [0.25, 0.3) is 0 Å². The van der Waals surface area contributed by atoms with Gasteiger partial charge >= 0.3 is 0 Å². The lowest BCUT2D eigenvalue weighted by molar-refractivity contribution is 0.688. The molecular formula is C21H19N3. The van der Waals surface area contributed by atoms with Gasteiger partial charge in [-0.1, -0.05) is 72.8 Å². The van der Waals surface area contributed by atoms with E-state index in [0.29, 0.717) is 0 Å². The molecule has 1 atom stereocenters. The van der Waals surface area contributed by atoms with E-state index in [1.165, 1.54) is 5.56 Å². The summed E-state index contributed by atoms with van der Waals surface area (Å²) < 4.78 is 2.22. The maximum atomic E-state index is 6.55. The summed E-state index contributed by atoms with van der Waals surface area (Å²) in [5, 5.41) is 0. The van der Waals surface area contributed by atoms with Crippen molar-refractivity contribution in [3.05, 3.63) is 102 Å². The number of hydrogen-bond acceptors (Lipinski definition) is 2. The lowest BCUT2D eigenvalue weighted by atomic mass is 10.1. The van der Waals surface area contributed by atoms with Gasteiger partial charge in [0, 0.05) is 6.54 Å². The van der Waals surface area contributed by atoms with Gasteiger partial charge < -0.3 is 10.3 Å². The first kappa shape index (κ1) is 14.7. The summed E-state index contributed by atoms with van der Waals surface area (Å²) >= 11 is 0. The van der Waals surface area contributed by atoms with Gasteiger partial charge in [0.1, 0.15) is 5.82 Å². The smallest absolute Gasteiger partial charge is 0.131 e. The Morgan fingerprint density at radius 2 is 1.42 bits per heavy atom. The second-order valence-electron chi connectivity index (χ2n) is 5.92. The predicted molar refractivity (Wildman–Crippen MR) is 97.7 cm³/mol. The Morgan fingerprint density at radius 3 is 2.17 bits per heavy atom. The van der Waals surface area contributed by atoms with E-state index in [2.05, 4.69) is 47.0 Å². The Hall–Kier alpha value is -2.91. The number of fused-ring (bicyclic) bond motifs is 1. The maximum Gasteiger partial charge on any atom is 0.131 e. The predicted octanol–water partition coefficient (Wildman–Crippen LogP) is 4.13. The largest absolute Gasteiger partial charge is 0.322 e. The normalized spacial score (nSPS) is 12.4. The van der Waals surface area contributed by atoms with Crippen LogP contribution < -0.4 is 5.73 Å². The molecule has 2 N–H and O–H groups in total. The van der Waals surface area contributed by atoms with Crippen LogP contribution in [0.1, 0.15) is 23.0 Å². The number of benzene rings is 3. The van der Waals surface area contributed by atoms with Crippen LogP contribution in [0, 0.1) is 0 Å². The van der Waals surface area contributed by atoms with Gasteiger partial charge in [-0.3, -0.25) is 0 Å². The summed E-state index contributed by atoms with van der Waals surface area (Å²) in [5.41, 5.74) is 11.0. The second kappa shape index (κ2) is 6.30. The van der Waals surface area contributed by atoms with Crippen molar-refractivity contribution in [1.82, 2.24) is 9.55 Å². The number of para-hydroxylation sites is 2. The molecule has 1 heterocycles. The second-order valence-corrected chi connectivity index (χ2v) is 5.92. The third-order valence-corrected chi connectivity index (χ3v) is 4.30. The van der Waals surface area contributed by atoms with E-state index in [4.69, 9.17) is 10.7 Å². The molecule has 1 unspecified atom stereocenters. The van der Waals surface area contributed by atoms with Crippen molar-refractivity contribution in [2.24, 2.45) is 5.73 Å². The Bertz CT molecular complexity index is 943. The number of nitrogens with zero attached hydrogens (tertiary/aromatic N) is 2. The molecule has 0 spiro atoms. The summed E-state index contributed by atoms with van der Waals surface area (Å²) in [6, 6.07) is 28.5. The van der Waals surface area contributed by atoms with Crippen LogP contribution in [0.3, 0.4) is 0 Å². The fourth-order valence-electron chi connectivity index (χ4n) is 3.07. The molecule has 3 nitrogen and oxygen atoms in total. The van der Waals surface area contributed by atoms with E-state index in [0.717, 1.165) is 29.0 Å². The van der Waals surface area contributed by atoms with Crippen LogP contribution in [0.15, 0.2) is 84.9 Å². The topological polar surface area (TPSA) is 43.8 Å². The molecule has 0 aliphatic carbocycles. The van der Waals surface area contributed by atoms with Crippen LogP contribution >= 0.6 is 0 Å². The minimum absolute atomic E-state index is 0.248. The summed E-state index contributed by atoms with van der Waals surface area (Å²) in [5.74, 6) is 0.895. The van der Waals surface area contributed by atoms with Crippen molar-refractivity contribution in [2.45, 2.75) is 12.6 Å². The highest BCUT2D eigenvalue weighted by Gasteiger charge is 2.18. The van der Waals surface area contributed by atoms with Gasteiger partial charge in [-0.05, 0) is 23.3 Å². The van der Waals surface area contributed by atoms with Crippen LogP contribution in [0.25, 0.3) is 11.0 Å². The van der Waals surface area contributed by atoms with E-state index >= 15 is 0 Å². The van der Waals surface area contributed by atoms with E-state index in [1.807, 2.05) is 42.5 Å². The van der Waals surface area contributed by atoms with Gasteiger partial charge in [-0.25, -0.2) is 4.98 Å². The van der Waals surface area contributed by atoms with Crippen molar-refractivity contribution in [1.29, 1.82) is 0 Å². The van der Waals surface area contributed by atoms with E-state index in [1.54, 1.807) is 0 Å². The van der Waals surface area contributed by atoms with Crippen LogP contribution in [-0.2, 0) is 6.54 Å². The third-order valence-electron chi connectivity index (χ3n) is 4.30. The molecule has 118 valence electrons. The fourth-order valence-corrected chi connectivity index (χ4v) is 3.07. The third kappa shape index (κ3) is 2.70. The highest BCUT2D eigenvalue weighted by molar-refractivity contribution is 5.76. The minimum atomic E-state index is -0.248. The number of imidazole rings is 1. The highest BCUT2D eigenvalue weighted by atomic mass is 15.1. The lowest BCUT2D eigenvalue weighted by Crippen LogP contribution is -2.18. The molecule has 0 aliphatic heterocycles. The maximum absolute atomic E-state index is 6.55.